The van der Waals surface area contributed by atoms with Crippen molar-refractivity contribution in [2.45, 2.75) is 18.3 Å². The van der Waals surface area contributed by atoms with E-state index in [1.54, 1.807) is 7.11 Å². The fourth-order valence-electron chi connectivity index (χ4n) is 3.57. The number of rotatable bonds is 4. The topological polar surface area (TPSA) is 39.5 Å². The molecule has 0 spiro atoms. The summed E-state index contributed by atoms with van der Waals surface area (Å²) in [4.78, 5) is 4.41. The Morgan fingerprint density at radius 1 is 1.08 bits per heavy atom. The number of hydrogen-bond donors (Lipinski definition) is 0. The van der Waals surface area contributed by atoms with Gasteiger partial charge in [-0.05, 0) is 42.7 Å². The van der Waals surface area contributed by atoms with Gasteiger partial charge in [-0.15, -0.1) is 0 Å². The first-order valence-electron chi connectivity index (χ1n) is 8.67. The van der Waals surface area contributed by atoms with Gasteiger partial charge in [0.05, 0.1) is 24.3 Å². The summed E-state index contributed by atoms with van der Waals surface area (Å²) in [6, 6.07) is 19.1. The van der Waals surface area contributed by atoms with Crippen LogP contribution >= 0.6 is 0 Å². The maximum absolute atomic E-state index is 9.98. The normalized spacial score (nSPS) is 16.2. The summed E-state index contributed by atoms with van der Waals surface area (Å²) in [6.45, 7) is 1.69. The highest BCUT2D eigenvalue weighted by atomic mass is 16.5. The maximum atomic E-state index is 9.98. The maximum Gasteiger partial charge on any atom is 0.142 e. The van der Waals surface area contributed by atoms with Crippen LogP contribution in [0.4, 0.5) is 11.4 Å². The lowest BCUT2D eigenvalue weighted by Crippen LogP contribution is -2.42. The molecule has 1 fully saturated rings. The molecule has 2 aromatic carbocycles. The van der Waals surface area contributed by atoms with Crippen molar-refractivity contribution in [3.05, 3.63) is 54.1 Å². The molecule has 1 heterocycles. The van der Waals surface area contributed by atoms with Gasteiger partial charge in [-0.3, -0.25) is 0 Å². The monoisotopic (exact) mass is 335 g/mol. The van der Waals surface area contributed by atoms with E-state index in [1.807, 2.05) is 32.3 Å². The number of anilines is 2. The SMILES string of the molecule is COc1ccccc1N1CCC(C#N)(c2cccc(N(C)C)c2)CC1. The van der Waals surface area contributed by atoms with Crippen LogP contribution in [0.1, 0.15) is 18.4 Å². The quantitative estimate of drug-likeness (QED) is 0.851. The summed E-state index contributed by atoms with van der Waals surface area (Å²) in [5, 5.41) is 9.98. The standard InChI is InChI=1S/C21H25N3O/c1-23(2)18-8-6-7-17(15-18)21(16-22)11-13-24(14-12-21)19-9-4-5-10-20(19)25-3/h4-10,15H,11-14H2,1-3H3. The third-order valence-corrected chi connectivity index (χ3v) is 5.17. The predicted molar refractivity (Wildman–Crippen MR) is 103 cm³/mol. The first-order valence-corrected chi connectivity index (χ1v) is 8.67. The Morgan fingerprint density at radius 2 is 1.80 bits per heavy atom. The van der Waals surface area contributed by atoms with E-state index in [9.17, 15) is 5.26 Å². The van der Waals surface area contributed by atoms with E-state index in [4.69, 9.17) is 4.74 Å². The molecule has 0 bridgehead atoms. The van der Waals surface area contributed by atoms with E-state index >= 15 is 0 Å². The van der Waals surface area contributed by atoms with Gasteiger partial charge in [0.15, 0.2) is 0 Å². The number of methoxy groups -OCH3 is 1. The van der Waals surface area contributed by atoms with Crippen LogP contribution in [0.2, 0.25) is 0 Å². The van der Waals surface area contributed by atoms with E-state index < -0.39 is 5.41 Å². The zero-order valence-electron chi connectivity index (χ0n) is 15.2. The molecule has 0 N–H and O–H groups in total. The van der Waals surface area contributed by atoms with Crippen LogP contribution in [0.25, 0.3) is 0 Å². The average molecular weight is 335 g/mol. The highest BCUT2D eigenvalue weighted by Gasteiger charge is 2.37. The summed E-state index contributed by atoms with van der Waals surface area (Å²) in [5.74, 6) is 0.890. The Kier molecular flexibility index (Phi) is 4.85. The van der Waals surface area contributed by atoms with E-state index in [2.05, 4.69) is 46.2 Å². The van der Waals surface area contributed by atoms with Crippen molar-refractivity contribution in [3.8, 4) is 11.8 Å². The highest BCUT2D eigenvalue weighted by molar-refractivity contribution is 5.59. The zero-order chi connectivity index (χ0) is 17.9. The van der Waals surface area contributed by atoms with Crippen LogP contribution in [-0.4, -0.2) is 34.3 Å². The summed E-state index contributed by atoms with van der Waals surface area (Å²) in [6.07, 6.45) is 1.64. The second-order valence-electron chi connectivity index (χ2n) is 6.80. The van der Waals surface area contributed by atoms with Gasteiger partial charge in [0.2, 0.25) is 0 Å². The van der Waals surface area contributed by atoms with E-state index in [1.165, 1.54) is 0 Å². The molecule has 0 aromatic heterocycles. The lowest BCUT2D eigenvalue weighted by molar-refractivity contribution is 0.396. The molecule has 130 valence electrons. The molecule has 0 radical (unpaired) electrons. The number of piperidine rings is 1. The lowest BCUT2D eigenvalue weighted by Gasteiger charge is -2.39. The minimum Gasteiger partial charge on any atom is -0.495 e. The number of ether oxygens (including phenoxy) is 1. The van der Waals surface area contributed by atoms with Crippen molar-refractivity contribution in [1.29, 1.82) is 5.26 Å². The largest absolute Gasteiger partial charge is 0.495 e. The van der Waals surface area contributed by atoms with Crippen LogP contribution in [0.15, 0.2) is 48.5 Å². The van der Waals surface area contributed by atoms with Crippen molar-refractivity contribution < 1.29 is 4.74 Å². The molecule has 0 saturated carbocycles. The fraction of sp³-hybridized carbons (Fsp3) is 0.381. The molecule has 25 heavy (non-hydrogen) atoms. The molecule has 0 aliphatic carbocycles. The average Bonchev–Trinajstić information content (AvgIpc) is 2.68. The van der Waals surface area contributed by atoms with Crippen molar-refractivity contribution in [3.63, 3.8) is 0 Å². The molecule has 1 aliphatic rings. The molecule has 1 saturated heterocycles. The Labute approximate surface area is 150 Å². The number of hydrogen-bond acceptors (Lipinski definition) is 4. The van der Waals surface area contributed by atoms with Crippen molar-refractivity contribution in [2.24, 2.45) is 0 Å². The Hall–Kier alpha value is -2.67. The van der Waals surface area contributed by atoms with Gasteiger partial charge in [-0.25, -0.2) is 0 Å². The van der Waals surface area contributed by atoms with Crippen molar-refractivity contribution in [2.75, 3.05) is 44.1 Å². The van der Waals surface area contributed by atoms with Crippen LogP contribution in [0, 0.1) is 11.3 Å². The second kappa shape index (κ2) is 7.06. The Bertz CT molecular complexity index is 771. The van der Waals surface area contributed by atoms with Gasteiger partial charge in [0.25, 0.3) is 0 Å². The molecule has 0 atom stereocenters. The summed E-state index contributed by atoms with van der Waals surface area (Å²) >= 11 is 0. The molecular formula is C21H25N3O. The van der Waals surface area contributed by atoms with Crippen molar-refractivity contribution >= 4 is 11.4 Å². The third kappa shape index (κ3) is 3.28. The van der Waals surface area contributed by atoms with E-state index in [0.29, 0.717) is 0 Å². The van der Waals surface area contributed by atoms with Crippen molar-refractivity contribution in [1.82, 2.24) is 0 Å². The number of nitriles is 1. The number of nitrogens with zero attached hydrogens (tertiary/aromatic N) is 3. The molecular weight excluding hydrogens is 310 g/mol. The second-order valence-corrected chi connectivity index (χ2v) is 6.80. The summed E-state index contributed by atoms with van der Waals surface area (Å²) in [7, 11) is 5.76. The van der Waals surface area contributed by atoms with Crippen LogP contribution in [0.5, 0.6) is 5.75 Å². The van der Waals surface area contributed by atoms with E-state index in [0.717, 1.165) is 48.6 Å². The molecule has 0 unspecified atom stereocenters. The summed E-state index contributed by atoms with van der Waals surface area (Å²) in [5.41, 5.74) is 2.96. The van der Waals surface area contributed by atoms with Gasteiger partial charge < -0.3 is 14.5 Å². The Morgan fingerprint density at radius 3 is 2.44 bits per heavy atom. The van der Waals surface area contributed by atoms with Gasteiger partial charge in [-0.2, -0.15) is 5.26 Å². The first-order chi connectivity index (χ1) is 12.1. The lowest BCUT2D eigenvalue weighted by atomic mass is 9.74. The Balaban J connectivity index is 1.83. The van der Waals surface area contributed by atoms with Gasteiger partial charge in [0.1, 0.15) is 5.75 Å². The number of para-hydroxylation sites is 2. The molecule has 1 aliphatic heterocycles. The zero-order valence-corrected chi connectivity index (χ0v) is 15.2. The minimum absolute atomic E-state index is 0.412. The van der Waals surface area contributed by atoms with Crippen LogP contribution in [0.3, 0.4) is 0 Å². The van der Waals surface area contributed by atoms with E-state index in [-0.39, 0.29) is 0 Å². The first kappa shape index (κ1) is 17.2. The van der Waals surface area contributed by atoms with Crippen LogP contribution < -0.4 is 14.5 Å². The summed E-state index contributed by atoms with van der Waals surface area (Å²) < 4.78 is 5.49. The predicted octanol–water partition coefficient (Wildman–Crippen LogP) is 3.82. The molecule has 3 rings (SSSR count). The molecule has 4 heteroatoms. The smallest absolute Gasteiger partial charge is 0.142 e. The third-order valence-electron chi connectivity index (χ3n) is 5.17. The van der Waals surface area contributed by atoms with Gasteiger partial charge in [0, 0.05) is 32.9 Å². The fourth-order valence-corrected chi connectivity index (χ4v) is 3.57. The van der Waals surface area contributed by atoms with Crippen LogP contribution in [-0.2, 0) is 5.41 Å². The van der Waals surface area contributed by atoms with Gasteiger partial charge >= 0.3 is 0 Å². The molecule has 4 nitrogen and oxygen atoms in total. The molecule has 0 amide bonds. The van der Waals surface area contributed by atoms with Gasteiger partial charge in [-0.1, -0.05) is 24.3 Å². The molecule has 2 aromatic rings. The minimum atomic E-state index is -0.412. The highest BCUT2D eigenvalue weighted by Crippen LogP contribution is 2.39. The number of benzene rings is 2.